The lowest BCUT2D eigenvalue weighted by Crippen LogP contribution is -2.15. The zero-order valence-electron chi connectivity index (χ0n) is 14.6. The summed E-state index contributed by atoms with van der Waals surface area (Å²) in [6.07, 6.45) is 0. The number of hydrogen-bond acceptors (Lipinski definition) is 5. The van der Waals surface area contributed by atoms with E-state index in [4.69, 9.17) is 0 Å². The molecule has 0 radical (unpaired) electrons. The fraction of sp³-hybridized carbons (Fsp3) is 0.100. The highest BCUT2D eigenvalue weighted by molar-refractivity contribution is 7.99. The summed E-state index contributed by atoms with van der Waals surface area (Å²) in [5.41, 5.74) is 2.11. The maximum Gasteiger partial charge on any atom is 0.251 e. The molecule has 0 atom stereocenters. The van der Waals surface area contributed by atoms with Crippen LogP contribution < -0.4 is 10.9 Å². The largest absolute Gasteiger partial charge is 0.325 e. The van der Waals surface area contributed by atoms with Crippen LogP contribution in [0.3, 0.4) is 0 Å². The van der Waals surface area contributed by atoms with E-state index in [1.165, 1.54) is 6.07 Å². The van der Waals surface area contributed by atoms with Gasteiger partial charge in [0.2, 0.25) is 5.91 Å². The number of anilines is 1. The number of carbonyl (C=O) groups is 2. The smallest absolute Gasteiger partial charge is 0.251 e. The number of aryl methyl sites for hydroxylation is 1. The van der Waals surface area contributed by atoms with Crippen molar-refractivity contribution < 1.29 is 9.59 Å². The van der Waals surface area contributed by atoms with E-state index in [2.05, 4.69) is 15.3 Å². The quantitative estimate of drug-likeness (QED) is 0.390. The monoisotopic (exact) mass is 379 g/mol. The Morgan fingerprint density at radius 1 is 1.04 bits per heavy atom. The first-order valence-corrected chi connectivity index (χ1v) is 9.20. The normalized spacial score (nSPS) is 10.4. The SMILES string of the molecule is Cc1cc(=O)[nH]c(SCC(=O)Nc2ccc(C(=O)c3ccccc3)cc2)n1. The zero-order valence-corrected chi connectivity index (χ0v) is 15.4. The molecule has 0 saturated heterocycles. The predicted molar refractivity (Wildman–Crippen MR) is 105 cm³/mol. The number of H-pyrrole nitrogens is 1. The summed E-state index contributed by atoms with van der Waals surface area (Å²) < 4.78 is 0. The molecule has 136 valence electrons. The van der Waals surface area contributed by atoms with E-state index < -0.39 is 0 Å². The van der Waals surface area contributed by atoms with Crippen LogP contribution >= 0.6 is 11.8 Å². The maximum absolute atomic E-state index is 12.4. The van der Waals surface area contributed by atoms with Crippen molar-refractivity contribution in [2.24, 2.45) is 0 Å². The molecular formula is C20H17N3O3S. The Balaban J connectivity index is 1.58. The Bertz CT molecular complexity index is 1010. The summed E-state index contributed by atoms with van der Waals surface area (Å²) in [5.74, 6) is -0.193. The van der Waals surface area contributed by atoms with E-state index in [0.29, 0.717) is 27.7 Å². The Labute approximate surface area is 160 Å². The topological polar surface area (TPSA) is 91.9 Å². The van der Waals surface area contributed by atoms with Crippen molar-refractivity contribution in [1.82, 2.24) is 9.97 Å². The van der Waals surface area contributed by atoms with Crippen LogP contribution in [0.15, 0.2) is 70.6 Å². The summed E-state index contributed by atoms with van der Waals surface area (Å²) in [6, 6.07) is 17.1. The van der Waals surface area contributed by atoms with Gasteiger partial charge in [-0.3, -0.25) is 14.4 Å². The summed E-state index contributed by atoms with van der Waals surface area (Å²) >= 11 is 1.15. The zero-order chi connectivity index (χ0) is 19.2. The first kappa shape index (κ1) is 18.6. The highest BCUT2D eigenvalue weighted by atomic mass is 32.2. The summed E-state index contributed by atoms with van der Waals surface area (Å²) in [5, 5.41) is 3.16. The Kier molecular flexibility index (Phi) is 5.83. The van der Waals surface area contributed by atoms with Crippen molar-refractivity contribution in [2.45, 2.75) is 12.1 Å². The third kappa shape index (κ3) is 5.15. The molecule has 0 saturated carbocycles. The van der Waals surface area contributed by atoms with Crippen molar-refractivity contribution in [3.05, 3.63) is 87.8 Å². The summed E-state index contributed by atoms with van der Waals surface area (Å²) in [7, 11) is 0. The van der Waals surface area contributed by atoms with Gasteiger partial charge in [-0.2, -0.15) is 0 Å². The minimum atomic E-state index is -0.246. The number of hydrogen-bond donors (Lipinski definition) is 2. The van der Waals surface area contributed by atoms with E-state index in [0.717, 1.165) is 11.8 Å². The summed E-state index contributed by atoms with van der Waals surface area (Å²) in [6.45, 7) is 1.72. The molecule has 27 heavy (non-hydrogen) atoms. The molecule has 0 bridgehead atoms. The van der Waals surface area contributed by atoms with E-state index in [9.17, 15) is 14.4 Å². The van der Waals surface area contributed by atoms with Crippen LogP contribution in [-0.2, 0) is 4.79 Å². The standard InChI is InChI=1S/C20H17N3O3S/c1-13-11-17(24)23-20(21-13)27-12-18(25)22-16-9-7-15(8-10-16)19(26)14-5-3-2-4-6-14/h2-11H,12H2,1H3,(H,22,25)(H,21,23,24). The molecule has 1 heterocycles. The molecule has 0 aliphatic carbocycles. The van der Waals surface area contributed by atoms with Crippen LogP contribution in [0.4, 0.5) is 5.69 Å². The highest BCUT2D eigenvalue weighted by Gasteiger charge is 2.10. The molecule has 0 spiro atoms. The molecule has 1 aromatic heterocycles. The molecule has 0 unspecified atom stereocenters. The Hall–Kier alpha value is -3.19. The average Bonchev–Trinajstić information content (AvgIpc) is 2.66. The lowest BCUT2D eigenvalue weighted by Gasteiger charge is -2.06. The van der Waals surface area contributed by atoms with Gasteiger partial charge in [0.15, 0.2) is 10.9 Å². The number of ketones is 1. The van der Waals surface area contributed by atoms with Gasteiger partial charge in [-0.15, -0.1) is 0 Å². The van der Waals surface area contributed by atoms with Crippen LogP contribution in [0, 0.1) is 6.92 Å². The summed E-state index contributed by atoms with van der Waals surface area (Å²) in [4.78, 5) is 42.6. The molecule has 2 aromatic carbocycles. The van der Waals surface area contributed by atoms with Gasteiger partial charge in [0.1, 0.15) is 0 Å². The number of nitrogens with zero attached hydrogens (tertiary/aromatic N) is 1. The number of carbonyl (C=O) groups excluding carboxylic acids is 2. The second-order valence-corrected chi connectivity index (χ2v) is 6.77. The number of nitrogens with one attached hydrogen (secondary N) is 2. The first-order valence-electron chi connectivity index (χ1n) is 8.22. The Morgan fingerprint density at radius 3 is 2.37 bits per heavy atom. The van der Waals surface area contributed by atoms with Gasteiger partial charge in [-0.1, -0.05) is 42.1 Å². The van der Waals surface area contributed by atoms with E-state index in [1.54, 1.807) is 43.3 Å². The number of aromatic nitrogens is 2. The van der Waals surface area contributed by atoms with Crippen LogP contribution in [0.2, 0.25) is 0 Å². The van der Waals surface area contributed by atoms with Crippen molar-refractivity contribution in [2.75, 3.05) is 11.1 Å². The van der Waals surface area contributed by atoms with Gasteiger partial charge >= 0.3 is 0 Å². The van der Waals surface area contributed by atoms with Gasteiger partial charge in [-0.25, -0.2) is 4.98 Å². The Morgan fingerprint density at radius 2 is 1.70 bits per heavy atom. The number of rotatable bonds is 6. The fourth-order valence-corrected chi connectivity index (χ4v) is 3.13. The number of thioether (sulfide) groups is 1. The molecule has 0 aliphatic rings. The van der Waals surface area contributed by atoms with Crippen molar-refractivity contribution in [1.29, 1.82) is 0 Å². The van der Waals surface area contributed by atoms with Gasteiger partial charge in [0.05, 0.1) is 5.75 Å². The molecule has 0 aliphatic heterocycles. The number of benzene rings is 2. The molecule has 2 N–H and O–H groups in total. The maximum atomic E-state index is 12.4. The van der Waals surface area contributed by atoms with Gasteiger partial charge in [0, 0.05) is 28.6 Å². The van der Waals surface area contributed by atoms with Crippen LogP contribution in [0.1, 0.15) is 21.6 Å². The van der Waals surface area contributed by atoms with Gasteiger partial charge in [-0.05, 0) is 31.2 Å². The molecular weight excluding hydrogens is 362 g/mol. The highest BCUT2D eigenvalue weighted by Crippen LogP contribution is 2.15. The van der Waals surface area contributed by atoms with Crippen molar-refractivity contribution in [3.63, 3.8) is 0 Å². The molecule has 1 amide bonds. The number of aromatic amines is 1. The third-order valence-electron chi connectivity index (χ3n) is 3.65. The van der Waals surface area contributed by atoms with Crippen molar-refractivity contribution >= 4 is 29.1 Å². The molecule has 0 fully saturated rings. The lowest BCUT2D eigenvalue weighted by molar-refractivity contribution is -0.113. The minimum absolute atomic E-state index is 0.0708. The van der Waals surface area contributed by atoms with E-state index in [1.807, 2.05) is 18.2 Å². The molecule has 7 heteroatoms. The third-order valence-corrected chi connectivity index (χ3v) is 4.53. The van der Waals surface area contributed by atoms with E-state index >= 15 is 0 Å². The minimum Gasteiger partial charge on any atom is -0.325 e. The molecule has 3 aromatic rings. The molecule has 3 rings (SSSR count). The second-order valence-electron chi connectivity index (χ2n) is 5.80. The number of amides is 1. The molecule has 6 nitrogen and oxygen atoms in total. The predicted octanol–water partition coefficient (Wildman–Crippen LogP) is 3.04. The lowest BCUT2D eigenvalue weighted by atomic mass is 10.0. The van der Waals surface area contributed by atoms with Crippen LogP contribution in [-0.4, -0.2) is 27.4 Å². The van der Waals surface area contributed by atoms with Crippen molar-refractivity contribution in [3.8, 4) is 0 Å². The van der Waals surface area contributed by atoms with Crippen LogP contribution in [0.5, 0.6) is 0 Å². The first-order chi connectivity index (χ1) is 13.0. The van der Waals surface area contributed by atoms with E-state index in [-0.39, 0.29) is 23.0 Å². The fourth-order valence-electron chi connectivity index (χ4n) is 2.41. The average molecular weight is 379 g/mol. The second kappa shape index (κ2) is 8.46. The van der Waals surface area contributed by atoms with Gasteiger partial charge in [0.25, 0.3) is 5.56 Å². The van der Waals surface area contributed by atoms with Crippen LogP contribution in [0.25, 0.3) is 0 Å². The van der Waals surface area contributed by atoms with Gasteiger partial charge < -0.3 is 10.3 Å².